The number of tetrazole rings is 1. The van der Waals surface area contributed by atoms with Crippen LogP contribution in [0.5, 0.6) is 0 Å². The van der Waals surface area contributed by atoms with Crippen molar-refractivity contribution in [3.63, 3.8) is 0 Å². The molecule has 0 bridgehead atoms. The second-order valence-electron chi connectivity index (χ2n) is 3.46. The Morgan fingerprint density at radius 1 is 1.35 bits per heavy atom. The number of rotatable bonds is 3. The molecule has 0 aliphatic rings. The topological polar surface area (TPSA) is 43.6 Å². The van der Waals surface area contributed by atoms with Crippen LogP contribution < -0.4 is 0 Å². The van der Waals surface area contributed by atoms with Crippen LogP contribution in [0.15, 0.2) is 43.0 Å². The molecular formula is C12H11ClN4. The lowest BCUT2D eigenvalue weighted by atomic mass is 10.3. The largest absolute Gasteiger partial charge is 0.201 e. The van der Waals surface area contributed by atoms with Crippen molar-refractivity contribution < 1.29 is 0 Å². The molecule has 17 heavy (non-hydrogen) atoms. The lowest BCUT2D eigenvalue weighted by Crippen LogP contribution is -1.98. The fourth-order valence-electron chi connectivity index (χ4n) is 1.31. The summed E-state index contributed by atoms with van der Waals surface area (Å²) < 4.78 is 0. The van der Waals surface area contributed by atoms with Gasteiger partial charge >= 0.3 is 0 Å². The lowest BCUT2D eigenvalue weighted by molar-refractivity contribution is 0.719. The molecule has 0 N–H and O–H groups in total. The van der Waals surface area contributed by atoms with Crippen molar-refractivity contribution in [3.05, 3.63) is 53.8 Å². The number of hydrogen-bond acceptors (Lipinski definition) is 3. The van der Waals surface area contributed by atoms with Crippen LogP contribution in [0.25, 0.3) is 11.3 Å². The van der Waals surface area contributed by atoms with Crippen molar-refractivity contribution in [2.45, 2.75) is 6.92 Å². The summed E-state index contributed by atoms with van der Waals surface area (Å²) in [6, 6.07) is 7.24. The highest BCUT2D eigenvalue weighted by molar-refractivity contribution is 6.30. The standard InChI is InChI=1S/C12H11ClN4/c1-3-4-9(2)12-14-16-17(15-12)11-7-5-10(13)6-8-11/h3-8H,1H2,2H3/b9-4+. The molecule has 1 aromatic heterocycles. The minimum atomic E-state index is 0.583. The first kappa shape index (κ1) is 11.5. The van der Waals surface area contributed by atoms with Crippen LogP contribution in [0, 0.1) is 0 Å². The van der Waals surface area contributed by atoms with Crippen LogP contribution in [0.2, 0.25) is 5.02 Å². The molecule has 5 heteroatoms. The third kappa shape index (κ3) is 2.60. The Morgan fingerprint density at radius 3 is 2.71 bits per heavy atom. The maximum atomic E-state index is 5.81. The van der Waals surface area contributed by atoms with Gasteiger partial charge in [-0.3, -0.25) is 0 Å². The van der Waals surface area contributed by atoms with Crippen molar-refractivity contribution in [3.8, 4) is 5.69 Å². The second-order valence-corrected chi connectivity index (χ2v) is 3.90. The third-order valence-corrected chi connectivity index (χ3v) is 2.44. The zero-order valence-corrected chi connectivity index (χ0v) is 10.1. The van der Waals surface area contributed by atoms with Gasteiger partial charge in [-0.25, -0.2) is 0 Å². The molecular weight excluding hydrogens is 236 g/mol. The number of hydrogen-bond donors (Lipinski definition) is 0. The van der Waals surface area contributed by atoms with Gasteiger partial charge in [0.2, 0.25) is 5.82 Å². The van der Waals surface area contributed by atoms with Crippen LogP contribution in [-0.4, -0.2) is 20.2 Å². The number of nitrogens with zero attached hydrogens (tertiary/aromatic N) is 4. The molecule has 86 valence electrons. The summed E-state index contributed by atoms with van der Waals surface area (Å²) >= 11 is 5.81. The zero-order chi connectivity index (χ0) is 12.3. The summed E-state index contributed by atoms with van der Waals surface area (Å²) in [6.45, 7) is 5.53. The van der Waals surface area contributed by atoms with Crippen LogP contribution in [0.3, 0.4) is 0 Å². The molecule has 0 saturated carbocycles. The van der Waals surface area contributed by atoms with E-state index >= 15 is 0 Å². The van der Waals surface area contributed by atoms with E-state index in [1.54, 1.807) is 18.2 Å². The molecule has 4 nitrogen and oxygen atoms in total. The van der Waals surface area contributed by atoms with Crippen molar-refractivity contribution in [2.24, 2.45) is 0 Å². The van der Waals surface area contributed by atoms with E-state index in [0.717, 1.165) is 11.3 Å². The molecule has 0 radical (unpaired) electrons. The van der Waals surface area contributed by atoms with Gasteiger partial charge in [0.05, 0.1) is 5.69 Å². The second kappa shape index (κ2) is 4.93. The molecule has 0 saturated heterocycles. The highest BCUT2D eigenvalue weighted by atomic mass is 35.5. The third-order valence-electron chi connectivity index (χ3n) is 2.19. The van der Waals surface area contributed by atoms with Crippen molar-refractivity contribution in [2.75, 3.05) is 0 Å². The average molecular weight is 247 g/mol. The van der Waals surface area contributed by atoms with E-state index in [0.29, 0.717) is 10.8 Å². The Bertz CT molecular complexity index is 554. The van der Waals surface area contributed by atoms with Crippen LogP contribution in [0.1, 0.15) is 12.7 Å². The monoisotopic (exact) mass is 246 g/mol. The predicted molar refractivity (Wildman–Crippen MR) is 68.0 cm³/mol. The quantitative estimate of drug-likeness (QED) is 0.782. The Hall–Kier alpha value is -1.94. The number of halogens is 1. The summed E-state index contributed by atoms with van der Waals surface area (Å²) in [7, 11) is 0. The number of aromatic nitrogens is 4. The first-order chi connectivity index (χ1) is 8.20. The first-order valence-electron chi connectivity index (χ1n) is 5.06. The van der Waals surface area contributed by atoms with Gasteiger partial charge in [-0.1, -0.05) is 30.3 Å². The van der Waals surface area contributed by atoms with Gasteiger partial charge in [-0.15, -0.1) is 15.0 Å². The van der Waals surface area contributed by atoms with Gasteiger partial charge in [0.1, 0.15) is 0 Å². The van der Waals surface area contributed by atoms with Crippen LogP contribution in [-0.2, 0) is 0 Å². The summed E-state index contributed by atoms with van der Waals surface area (Å²) in [6.07, 6.45) is 3.53. The minimum absolute atomic E-state index is 0.583. The maximum Gasteiger partial charge on any atom is 0.201 e. The van der Waals surface area contributed by atoms with Crippen molar-refractivity contribution >= 4 is 17.2 Å². The average Bonchev–Trinajstić information content (AvgIpc) is 2.80. The molecule has 0 fully saturated rings. The molecule has 2 aromatic rings. The van der Waals surface area contributed by atoms with Crippen molar-refractivity contribution in [1.82, 2.24) is 20.2 Å². The first-order valence-corrected chi connectivity index (χ1v) is 5.44. The van der Waals surface area contributed by atoms with E-state index in [4.69, 9.17) is 11.6 Å². The Balaban J connectivity index is 2.32. The maximum absolute atomic E-state index is 5.81. The highest BCUT2D eigenvalue weighted by Gasteiger charge is 2.05. The van der Waals surface area contributed by atoms with E-state index < -0.39 is 0 Å². The molecule has 0 amide bonds. The zero-order valence-electron chi connectivity index (χ0n) is 9.34. The SMILES string of the molecule is C=C/C=C(\C)c1nnn(-c2ccc(Cl)cc2)n1. The van der Waals surface area contributed by atoms with E-state index in [9.17, 15) is 0 Å². The van der Waals surface area contributed by atoms with Gasteiger partial charge in [-0.2, -0.15) is 0 Å². The Morgan fingerprint density at radius 2 is 2.06 bits per heavy atom. The molecule has 1 heterocycles. The molecule has 0 aliphatic heterocycles. The fourth-order valence-corrected chi connectivity index (χ4v) is 1.43. The summed E-state index contributed by atoms with van der Waals surface area (Å²) in [5.74, 6) is 0.583. The minimum Gasteiger partial charge on any atom is -0.131 e. The lowest BCUT2D eigenvalue weighted by Gasteiger charge is -1.97. The molecule has 0 aliphatic carbocycles. The predicted octanol–water partition coefficient (Wildman–Crippen LogP) is 2.91. The van der Waals surface area contributed by atoms with Gasteiger partial charge in [0.15, 0.2) is 0 Å². The molecule has 0 atom stereocenters. The van der Waals surface area contributed by atoms with Gasteiger partial charge in [0.25, 0.3) is 0 Å². The van der Waals surface area contributed by atoms with Crippen LogP contribution >= 0.6 is 11.6 Å². The number of allylic oxidation sites excluding steroid dienone is 3. The highest BCUT2D eigenvalue weighted by Crippen LogP contribution is 2.13. The molecule has 0 spiro atoms. The van der Waals surface area contributed by atoms with Crippen molar-refractivity contribution in [1.29, 1.82) is 0 Å². The van der Waals surface area contributed by atoms with Gasteiger partial charge in [0, 0.05) is 5.02 Å². The molecule has 0 unspecified atom stereocenters. The van der Waals surface area contributed by atoms with Gasteiger partial charge < -0.3 is 0 Å². The normalized spacial score (nSPS) is 11.5. The van der Waals surface area contributed by atoms with E-state index in [2.05, 4.69) is 22.0 Å². The Kier molecular flexibility index (Phi) is 3.35. The molecule has 2 rings (SSSR count). The van der Waals surface area contributed by atoms with E-state index in [1.807, 2.05) is 25.1 Å². The Labute approximate surface area is 104 Å². The summed E-state index contributed by atoms with van der Waals surface area (Å²) in [5, 5.41) is 12.9. The molecule has 1 aromatic carbocycles. The van der Waals surface area contributed by atoms with E-state index in [1.165, 1.54) is 4.80 Å². The number of benzene rings is 1. The summed E-state index contributed by atoms with van der Waals surface area (Å²) in [5.41, 5.74) is 1.74. The summed E-state index contributed by atoms with van der Waals surface area (Å²) in [4.78, 5) is 1.46. The smallest absolute Gasteiger partial charge is 0.131 e. The van der Waals surface area contributed by atoms with E-state index in [-0.39, 0.29) is 0 Å². The fraction of sp³-hybridized carbons (Fsp3) is 0.0833. The van der Waals surface area contributed by atoms with Crippen LogP contribution in [0.4, 0.5) is 0 Å². The van der Waals surface area contributed by atoms with Gasteiger partial charge in [-0.05, 0) is 42.0 Å².